The maximum absolute atomic E-state index is 12.9. The third-order valence-corrected chi connectivity index (χ3v) is 5.84. The summed E-state index contributed by atoms with van der Waals surface area (Å²) in [4.78, 5) is 27.4. The molecule has 0 saturated carbocycles. The van der Waals surface area contributed by atoms with Gasteiger partial charge < -0.3 is 9.64 Å². The maximum atomic E-state index is 12.9. The van der Waals surface area contributed by atoms with Crippen LogP contribution in [0.2, 0.25) is 5.02 Å². The van der Waals surface area contributed by atoms with E-state index in [2.05, 4.69) is 10.00 Å². The van der Waals surface area contributed by atoms with Gasteiger partial charge in [0.15, 0.2) is 0 Å². The number of benzene rings is 2. The Hall–Kier alpha value is -3.43. The van der Waals surface area contributed by atoms with Gasteiger partial charge in [-0.25, -0.2) is 0 Å². The molecule has 2 heterocycles. The topological polar surface area (TPSA) is 93.7 Å². The summed E-state index contributed by atoms with van der Waals surface area (Å²) in [6.45, 7) is 4.08. The number of aromatic nitrogens is 2. The van der Waals surface area contributed by atoms with Gasteiger partial charge in [0.25, 0.3) is 11.6 Å². The summed E-state index contributed by atoms with van der Waals surface area (Å²) in [5, 5.41) is 15.2. The average Bonchev–Trinajstić information content (AvgIpc) is 3.23. The van der Waals surface area contributed by atoms with Crippen LogP contribution >= 0.6 is 11.6 Å². The van der Waals surface area contributed by atoms with Crippen molar-refractivity contribution < 1.29 is 14.5 Å². The number of nitrogens with zero attached hydrogens (tertiary/aromatic N) is 5. The van der Waals surface area contributed by atoms with Crippen molar-refractivity contribution in [3.8, 4) is 5.75 Å². The Labute approximate surface area is 196 Å². The monoisotopic (exact) mass is 469 g/mol. The Morgan fingerprint density at radius 3 is 2.45 bits per heavy atom. The van der Waals surface area contributed by atoms with E-state index in [9.17, 15) is 14.9 Å². The van der Waals surface area contributed by atoms with Gasteiger partial charge in [0.05, 0.1) is 16.1 Å². The van der Waals surface area contributed by atoms with Gasteiger partial charge in [-0.3, -0.25) is 24.5 Å². The Morgan fingerprint density at radius 1 is 1.12 bits per heavy atom. The van der Waals surface area contributed by atoms with Gasteiger partial charge in [0.2, 0.25) is 0 Å². The van der Waals surface area contributed by atoms with E-state index in [1.807, 2.05) is 36.5 Å². The Kier molecular flexibility index (Phi) is 6.90. The molecule has 1 saturated heterocycles. The van der Waals surface area contributed by atoms with E-state index in [0.29, 0.717) is 24.4 Å². The number of hydrogen-bond acceptors (Lipinski definition) is 6. The smallest absolute Gasteiger partial charge is 0.271 e. The lowest BCUT2D eigenvalue weighted by Gasteiger charge is -2.34. The van der Waals surface area contributed by atoms with Crippen molar-refractivity contribution in [2.24, 2.45) is 7.05 Å². The van der Waals surface area contributed by atoms with Gasteiger partial charge in [-0.15, -0.1) is 0 Å². The Morgan fingerprint density at radius 2 is 1.85 bits per heavy atom. The summed E-state index contributed by atoms with van der Waals surface area (Å²) in [5.74, 6) is 0.383. The van der Waals surface area contributed by atoms with Gasteiger partial charge in [-0.05, 0) is 23.8 Å². The summed E-state index contributed by atoms with van der Waals surface area (Å²) in [6.07, 6.45) is 3.89. The number of aryl methyl sites for hydroxylation is 1. The minimum Gasteiger partial charge on any atom is -0.487 e. The highest BCUT2D eigenvalue weighted by Crippen LogP contribution is 2.29. The van der Waals surface area contributed by atoms with Gasteiger partial charge >= 0.3 is 0 Å². The van der Waals surface area contributed by atoms with Crippen LogP contribution in [0.4, 0.5) is 5.69 Å². The predicted molar refractivity (Wildman–Crippen MR) is 123 cm³/mol. The lowest BCUT2D eigenvalue weighted by molar-refractivity contribution is -0.384. The van der Waals surface area contributed by atoms with Gasteiger partial charge in [0, 0.05) is 69.2 Å². The molecule has 0 radical (unpaired) electrons. The number of rotatable bonds is 7. The summed E-state index contributed by atoms with van der Waals surface area (Å²) in [7, 11) is 1.91. The molecule has 0 spiro atoms. The number of halogens is 1. The zero-order chi connectivity index (χ0) is 23.4. The number of carbonyl (C=O) groups excluding carboxylic acids is 1. The molecule has 1 fully saturated rings. The fourth-order valence-corrected chi connectivity index (χ4v) is 3.96. The van der Waals surface area contributed by atoms with E-state index in [0.717, 1.165) is 25.2 Å². The van der Waals surface area contributed by atoms with Crippen molar-refractivity contribution in [2.75, 3.05) is 26.2 Å². The Bertz CT molecular complexity index is 1140. The molecule has 0 atom stereocenters. The van der Waals surface area contributed by atoms with Crippen molar-refractivity contribution in [1.29, 1.82) is 0 Å². The number of piperazine rings is 1. The van der Waals surface area contributed by atoms with Crippen LogP contribution in [0.15, 0.2) is 54.9 Å². The number of nitro benzene ring substituents is 1. The first kappa shape index (κ1) is 22.8. The number of hydrogen-bond donors (Lipinski definition) is 0. The second-order valence-electron chi connectivity index (χ2n) is 7.95. The SMILES string of the molecule is Cn1cc(CN2CCN(C(=O)c3ccc(COc4ccc([N+](=O)[O-])cc4Cl)cc3)CC2)cn1. The van der Waals surface area contributed by atoms with Crippen LogP contribution in [0.25, 0.3) is 0 Å². The predicted octanol–water partition coefficient (Wildman–Crippen LogP) is 3.52. The van der Waals surface area contributed by atoms with E-state index in [1.54, 1.807) is 16.8 Å². The molecule has 4 rings (SSSR count). The second kappa shape index (κ2) is 10.0. The van der Waals surface area contributed by atoms with Crippen LogP contribution in [-0.2, 0) is 20.2 Å². The number of nitro groups is 1. The molecule has 2 aromatic carbocycles. The fraction of sp³-hybridized carbons (Fsp3) is 0.304. The minimum absolute atomic E-state index is 0.0157. The highest BCUT2D eigenvalue weighted by Gasteiger charge is 2.22. The van der Waals surface area contributed by atoms with Crippen LogP contribution in [0.1, 0.15) is 21.5 Å². The molecular weight excluding hydrogens is 446 g/mol. The van der Waals surface area contributed by atoms with Crippen LogP contribution in [0.5, 0.6) is 5.75 Å². The highest BCUT2D eigenvalue weighted by molar-refractivity contribution is 6.32. The molecule has 1 amide bonds. The zero-order valence-electron chi connectivity index (χ0n) is 18.2. The summed E-state index contributed by atoms with van der Waals surface area (Å²) < 4.78 is 7.47. The molecule has 9 nitrogen and oxygen atoms in total. The first-order chi connectivity index (χ1) is 15.9. The van der Waals surface area contributed by atoms with Gasteiger partial charge in [-0.1, -0.05) is 23.7 Å². The van der Waals surface area contributed by atoms with Crippen molar-refractivity contribution in [1.82, 2.24) is 19.6 Å². The Balaban J connectivity index is 1.28. The highest BCUT2D eigenvalue weighted by atomic mass is 35.5. The lowest BCUT2D eigenvalue weighted by Crippen LogP contribution is -2.48. The van der Waals surface area contributed by atoms with Crippen LogP contribution in [-0.4, -0.2) is 56.6 Å². The van der Waals surface area contributed by atoms with Crippen molar-refractivity contribution in [3.63, 3.8) is 0 Å². The molecule has 0 unspecified atom stereocenters. The van der Waals surface area contributed by atoms with E-state index in [4.69, 9.17) is 16.3 Å². The quantitative estimate of drug-likeness (QED) is 0.388. The molecular formula is C23H24ClN5O4. The zero-order valence-corrected chi connectivity index (χ0v) is 18.9. The standard InChI is InChI=1S/C23H24ClN5O4/c1-26-14-18(13-25-26)15-27-8-10-28(11-9-27)23(30)19-4-2-17(3-5-19)16-33-22-7-6-20(29(31)32)12-21(22)24/h2-7,12-14H,8-11,15-16H2,1H3. The molecule has 0 aliphatic carbocycles. The number of non-ortho nitro benzene ring substituents is 1. The van der Waals surface area contributed by atoms with Crippen molar-refractivity contribution in [3.05, 3.63) is 86.7 Å². The van der Waals surface area contributed by atoms with Crippen LogP contribution < -0.4 is 4.74 Å². The first-order valence-electron chi connectivity index (χ1n) is 10.5. The minimum atomic E-state index is -0.508. The van der Waals surface area contributed by atoms with Crippen LogP contribution in [0, 0.1) is 10.1 Å². The molecule has 172 valence electrons. The molecule has 0 N–H and O–H groups in total. The van der Waals surface area contributed by atoms with Crippen LogP contribution in [0.3, 0.4) is 0 Å². The summed E-state index contributed by atoms with van der Waals surface area (Å²) in [5.41, 5.74) is 2.58. The van der Waals surface area contributed by atoms with E-state index in [-0.39, 0.29) is 23.2 Å². The summed E-state index contributed by atoms with van der Waals surface area (Å²) in [6, 6.07) is 11.3. The first-order valence-corrected chi connectivity index (χ1v) is 10.9. The fourth-order valence-electron chi connectivity index (χ4n) is 3.73. The molecule has 10 heteroatoms. The third-order valence-electron chi connectivity index (χ3n) is 5.55. The number of carbonyl (C=O) groups is 1. The van der Waals surface area contributed by atoms with E-state index in [1.165, 1.54) is 23.8 Å². The second-order valence-corrected chi connectivity index (χ2v) is 8.36. The lowest BCUT2D eigenvalue weighted by atomic mass is 10.1. The van der Waals surface area contributed by atoms with E-state index >= 15 is 0 Å². The van der Waals surface area contributed by atoms with Gasteiger partial charge in [0.1, 0.15) is 12.4 Å². The van der Waals surface area contributed by atoms with E-state index < -0.39 is 4.92 Å². The normalized spacial score (nSPS) is 14.3. The van der Waals surface area contributed by atoms with Crippen molar-refractivity contribution in [2.45, 2.75) is 13.2 Å². The van der Waals surface area contributed by atoms with Crippen molar-refractivity contribution >= 4 is 23.2 Å². The van der Waals surface area contributed by atoms with Gasteiger partial charge in [-0.2, -0.15) is 5.10 Å². The molecule has 3 aromatic rings. The molecule has 33 heavy (non-hydrogen) atoms. The largest absolute Gasteiger partial charge is 0.487 e. The average molecular weight is 470 g/mol. The molecule has 1 aliphatic rings. The third kappa shape index (κ3) is 5.68. The number of ether oxygens (including phenoxy) is 1. The molecule has 1 aliphatic heterocycles. The number of amides is 1. The maximum Gasteiger partial charge on any atom is 0.271 e. The summed E-state index contributed by atoms with van der Waals surface area (Å²) >= 11 is 6.06. The molecule has 1 aromatic heterocycles. The molecule has 0 bridgehead atoms.